The lowest BCUT2D eigenvalue weighted by atomic mass is 10.2. The Kier molecular flexibility index (Phi) is 2.84. The molecule has 16 heavy (non-hydrogen) atoms. The van der Waals surface area contributed by atoms with Crippen molar-refractivity contribution in [2.45, 2.75) is 4.90 Å². The Morgan fingerprint density at radius 3 is 2.75 bits per heavy atom. The smallest absolute Gasteiger partial charge is 0.240 e. The molecule has 0 saturated carbocycles. The Morgan fingerprint density at radius 1 is 1.31 bits per heavy atom. The van der Waals surface area contributed by atoms with Gasteiger partial charge in [-0.15, -0.1) is 0 Å². The van der Waals surface area contributed by atoms with E-state index in [1.165, 1.54) is 19.2 Å². The van der Waals surface area contributed by atoms with Gasteiger partial charge in [-0.2, -0.15) is 0 Å². The fourth-order valence-corrected chi connectivity index (χ4v) is 2.59. The third-order valence-corrected chi connectivity index (χ3v) is 4.02. The number of sulfonamides is 1. The van der Waals surface area contributed by atoms with E-state index in [4.69, 9.17) is 11.6 Å². The number of rotatable bonds is 2. The number of halogens is 1. The number of benzene rings is 1. The van der Waals surface area contributed by atoms with Crippen LogP contribution in [0.2, 0.25) is 5.02 Å². The summed E-state index contributed by atoms with van der Waals surface area (Å²) in [5.74, 6) is 0. The Morgan fingerprint density at radius 2 is 2.06 bits per heavy atom. The minimum absolute atomic E-state index is 0.183. The van der Waals surface area contributed by atoms with Crippen LogP contribution < -0.4 is 4.72 Å². The SMILES string of the molecule is CNS(=O)(=O)c1ccc(Cl)c2ncccc12. The third kappa shape index (κ3) is 1.77. The fourth-order valence-electron chi connectivity index (χ4n) is 1.46. The van der Waals surface area contributed by atoms with E-state index < -0.39 is 10.0 Å². The number of nitrogens with one attached hydrogen (secondary N) is 1. The summed E-state index contributed by atoms with van der Waals surface area (Å²) >= 11 is 5.94. The lowest BCUT2D eigenvalue weighted by Gasteiger charge is -2.07. The van der Waals surface area contributed by atoms with E-state index in [0.29, 0.717) is 15.9 Å². The monoisotopic (exact) mass is 256 g/mol. The van der Waals surface area contributed by atoms with Crippen molar-refractivity contribution in [2.24, 2.45) is 0 Å². The first kappa shape index (κ1) is 11.3. The molecule has 0 spiro atoms. The lowest BCUT2D eigenvalue weighted by molar-refractivity contribution is 0.589. The van der Waals surface area contributed by atoms with Crippen LogP contribution >= 0.6 is 11.6 Å². The summed E-state index contributed by atoms with van der Waals surface area (Å²) in [4.78, 5) is 4.25. The molecule has 0 fully saturated rings. The van der Waals surface area contributed by atoms with Gasteiger partial charge >= 0.3 is 0 Å². The number of hydrogen-bond acceptors (Lipinski definition) is 3. The summed E-state index contributed by atoms with van der Waals surface area (Å²) in [6.45, 7) is 0. The Labute approximate surface area is 98.3 Å². The minimum atomic E-state index is -3.49. The van der Waals surface area contributed by atoms with Crippen molar-refractivity contribution >= 4 is 32.5 Å². The Bertz CT molecular complexity index is 640. The van der Waals surface area contributed by atoms with Gasteiger partial charge in [0.05, 0.1) is 15.4 Å². The van der Waals surface area contributed by atoms with E-state index in [-0.39, 0.29) is 4.90 Å². The van der Waals surface area contributed by atoms with Gasteiger partial charge in [0.1, 0.15) is 0 Å². The number of pyridine rings is 1. The molecule has 4 nitrogen and oxygen atoms in total. The molecule has 84 valence electrons. The van der Waals surface area contributed by atoms with Crippen molar-refractivity contribution in [1.29, 1.82) is 0 Å². The highest BCUT2D eigenvalue weighted by Crippen LogP contribution is 2.27. The zero-order chi connectivity index (χ0) is 11.8. The van der Waals surface area contributed by atoms with Crippen molar-refractivity contribution in [3.8, 4) is 0 Å². The van der Waals surface area contributed by atoms with Gasteiger partial charge in [0.15, 0.2) is 0 Å². The standard InChI is InChI=1S/C10H9ClN2O2S/c1-12-16(14,15)9-5-4-8(11)10-7(9)3-2-6-13-10/h2-6,12H,1H3. The van der Waals surface area contributed by atoms with Gasteiger partial charge in [-0.3, -0.25) is 4.98 Å². The van der Waals surface area contributed by atoms with Crippen molar-refractivity contribution in [3.63, 3.8) is 0 Å². The first-order valence-corrected chi connectivity index (χ1v) is 6.39. The molecule has 0 aliphatic rings. The molecule has 0 aliphatic heterocycles. The van der Waals surface area contributed by atoms with Gasteiger partial charge in [0.25, 0.3) is 0 Å². The summed E-state index contributed by atoms with van der Waals surface area (Å²) in [5, 5.41) is 0.954. The molecule has 1 aromatic carbocycles. The van der Waals surface area contributed by atoms with E-state index >= 15 is 0 Å². The van der Waals surface area contributed by atoms with Gasteiger partial charge in [-0.1, -0.05) is 11.6 Å². The summed E-state index contributed by atoms with van der Waals surface area (Å²) in [5.41, 5.74) is 0.487. The second-order valence-corrected chi connectivity index (χ2v) is 5.41. The van der Waals surface area contributed by atoms with Crippen molar-refractivity contribution in [1.82, 2.24) is 9.71 Å². The maximum absolute atomic E-state index is 11.7. The Balaban J connectivity index is 2.88. The first-order chi connectivity index (χ1) is 7.56. The third-order valence-electron chi connectivity index (χ3n) is 2.24. The summed E-state index contributed by atoms with van der Waals surface area (Å²) in [6.07, 6.45) is 1.57. The molecule has 0 radical (unpaired) electrons. The van der Waals surface area contributed by atoms with Crippen LogP contribution in [0.25, 0.3) is 10.9 Å². The molecule has 0 aliphatic carbocycles. The molecular formula is C10H9ClN2O2S. The highest BCUT2D eigenvalue weighted by Gasteiger charge is 2.16. The predicted molar refractivity (Wildman–Crippen MR) is 63.0 cm³/mol. The molecule has 0 amide bonds. The van der Waals surface area contributed by atoms with E-state index in [0.717, 1.165) is 0 Å². The number of aromatic nitrogens is 1. The minimum Gasteiger partial charge on any atom is -0.255 e. The molecule has 0 bridgehead atoms. The predicted octanol–water partition coefficient (Wildman–Crippen LogP) is 1.80. The lowest BCUT2D eigenvalue weighted by Crippen LogP contribution is -2.18. The number of hydrogen-bond donors (Lipinski definition) is 1. The zero-order valence-corrected chi connectivity index (χ0v) is 10.0. The van der Waals surface area contributed by atoms with Gasteiger partial charge in [0, 0.05) is 11.6 Å². The molecule has 0 saturated heterocycles. The number of nitrogens with zero attached hydrogens (tertiary/aromatic N) is 1. The molecule has 1 N–H and O–H groups in total. The fraction of sp³-hybridized carbons (Fsp3) is 0.100. The van der Waals surface area contributed by atoms with Crippen LogP contribution in [0, 0.1) is 0 Å². The highest BCUT2D eigenvalue weighted by molar-refractivity contribution is 7.89. The topological polar surface area (TPSA) is 59.1 Å². The molecule has 1 heterocycles. The van der Waals surface area contributed by atoms with Crippen molar-refractivity contribution in [3.05, 3.63) is 35.5 Å². The van der Waals surface area contributed by atoms with Crippen molar-refractivity contribution < 1.29 is 8.42 Å². The van der Waals surface area contributed by atoms with E-state index in [2.05, 4.69) is 9.71 Å². The van der Waals surface area contributed by atoms with Crippen LogP contribution in [0.1, 0.15) is 0 Å². The molecular weight excluding hydrogens is 248 g/mol. The average molecular weight is 257 g/mol. The highest BCUT2D eigenvalue weighted by atomic mass is 35.5. The van der Waals surface area contributed by atoms with E-state index in [1.807, 2.05) is 0 Å². The van der Waals surface area contributed by atoms with E-state index in [1.54, 1.807) is 18.3 Å². The van der Waals surface area contributed by atoms with Gasteiger partial charge in [-0.05, 0) is 31.3 Å². The molecule has 1 aromatic heterocycles. The Hall–Kier alpha value is -1.17. The van der Waals surface area contributed by atoms with Gasteiger partial charge < -0.3 is 0 Å². The van der Waals surface area contributed by atoms with Crippen LogP contribution in [0.3, 0.4) is 0 Å². The van der Waals surface area contributed by atoms with Crippen LogP contribution in [-0.2, 0) is 10.0 Å². The van der Waals surface area contributed by atoms with Crippen LogP contribution in [0.5, 0.6) is 0 Å². The second-order valence-electron chi connectivity index (χ2n) is 3.15. The van der Waals surface area contributed by atoms with Crippen LogP contribution in [-0.4, -0.2) is 20.4 Å². The molecule has 2 rings (SSSR count). The zero-order valence-electron chi connectivity index (χ0n) is 8.44. The molecule has 2 aromatic rings. The van der Waals surface area contributed by atoms with Gasteiger partial charge in [0.2, 0.25) is 10.0 Å². The average Bonchev–Trinajstić information content (AvgIpc) is 2.29. The molecule has 0 unspecified atom stereocenters. The summed E-state index contributed by atoms with van der Waals surface area (Å²) in [7, 11) is -2.12. The van der Waals surface area contributed by atoms with Crippen LogP contribution in [0.15, 0.2) is 35.4 Å². The first-order valence-electron chi connectivity index (χ1n) is 4.53. The normalized spacial score (nSPS) is 11.9. The maximum Gasteiger partial charge on any atom is 0.240 e. The largest absolute Gasteiger partial charge is 0.255 e. The second kappa shape index (κ2) is 4.01. The summed E-state index contributed by atoms with van der Waals surface area (Å²) < 4.78 is 25.8. The maximum atomic E-state index is 11.7. The van der Waals surface area contributed by atoms with E-state index in [9.17, 15) is 8.42 Å². The number of fused-ring (bicyclic) bond motifs is 1. The van der Waals surface area contributed by atoms with Crippen LogP contribution in [0.4, 0.5) is 0 Å². The summed E-state index contributed by atoms with van der Waals surface area (Å²) in [6, 6.07) is 6.35. The van der Waals surface area contributed by atoms with Gasteiger partial charge in [-0.25, -0.2) is 13.1 Å². The van der Waals surface area contributed by atoms with Crippen molar-refractivity contribution in [2.75, 3.05) is 7.05 Å². The quantitative estimate of drug-likeness (QED) is 0.891. The molecule has 6 heteroatoms. The molecule has 0 atom stereocenters.